The van der Waals surface area contributed by atoms with Gasteiger partial charge in [-0.05, 0) is 35.9 Å². The Hall–Kier alpha value is -4.70. The molecule has 6 aromatic rings. The smallest absolute Gasteiger partial charge is 0.147 e. The molecule has 36 heavy (non-hydrogen) atoms. The van der Waals surface area contributed by atoms with E-state index in [2.05, 4.69) is 30.0 Å². The topological polar surface area (TPSA) is 125 Å². The standard InChI is InChI=1S/C26H20FN9/c27-18-4-2-1-3-16(18)15-7-8-30-26-17(15)9-21(33-26)25-24-20(34-35-25)6-5-19(32-24)22-10-29-11-23(31-22)36-12-14(28)13-36/h1-11,14H,12-13,28H2,(H,30,33)(H,34,35). The summed E-state index contributed by atoms with van der Waals surface area (Å²) in [5.41, 5.74) is 12.0. The number of halogens is 1. The molecule has 6 heterocycles. The first kappa shape index (κ1) is 20.7. The number of pyridine rings is 2. The SMILES string of the molecule is NC1CN(c2cncc(-c3ccc4[nH]nc(-c5cc6c(-c7ccccc7F)ccnc6[nH]5)c4n3)n2)C1. The van der Waals surface area contributed by atoms with Crippen molar-refractivity contribution in [2.24, 2.45) is 5.73 Å². The summed E-state index contributed by atoms with van der Waals surface area (Å²) in [4.78, 5) is 23.8. The van der Waals surface area contributed by atoms with Crippen molar-refractivity contribution in [3.63, 3.8) is 0 Å². The number of nitrogens with one attached hydrogen (secondary N) is 2. The molecular weight excluding hydrogens is 457 g/mol. The number of benzene rings is 1. The highest BCUT2D eigenvalue weighted by molar-refractivity contribution is 5.99. The fourth-order valence-corrected chi connectivity index (χ4v) is 4.63. The molecule has 1 fully saturated rings. The Bertz CT molecular complexity index is 1750. The lowest BCUT2D eigenvalue weighted by atomic mass is 10.0. The van der Waals surface area contributed by atoms with Crippen LogP contribution in [0.1, 0.15) is 0 Å². The van der Waals surface area contributed by atoms with Crippen LogP contribution in [0.5, 0.6) is 0 Å². The number of hydrogen-bond donors (Lipinski definition) is 3. The number of H-pyrrole nitrogens is 2. The van der Waals surface area contributed by atoms with E-state index >= 15 is 0 Å². The molecule has 0 atom stereocenters. The van der Waals surface area contributed by atoms with Crippen molar-refractivity contribution in [2.45, 2.75) is 6.04 Å². The van der Waals surface area contributed by atoms with Crippen molar-refractivity contribution in [3.8, 4) is 33.9 Å². The van der Waals surface area contributed by atoms with Gasteiger partial charge in [0.2, 0.25) is 0 Å². The molecule has 1 aliphatic heterocycles. The number of anilines is 1. The maximum Gasteiger partial charge on any atom is 0.147 e. The van der Waals surface area contributed by atoms with Crippen LogP contribution in [0.4, 0.5) is 10.2 Å². The van der Waals surface area contributed by atoms with Crippen LogP contribution in [-0.4, -0.2) is 54.2 Å². The summed E-state index contributed by atoms with van der Waals surface area (Å²) < 4.78 is 14.5. The molecule has 10 heteroatoms. The van der Waals surface area contributed by atoms with E-state index in [1.54, 1.807) is 30.7 Å². The zero-order chi connectivity index (χ0) is 24.2. The second-order valence-corrected chi connectivity index (χ2v) is 8.88. The van der Waals surface area contributed by atoms with Gasteiger partial charge in [0.05, 0.1) is 29.3 Å². The molecule has 7 rings (SSSR count). The first-order chi connectivity index (χ1) is 17.6. The quantitative estimate of drug-likeness (QED) is 0.351. The van der Waals surface area contributed by atoms with Gasteiger partial charge < -0.3 is 15.6 Å². The fraction of sp³-hybridized carbons (Fsp3) is 0.115. The molecule has 0 spiro atoms. The van der Waals surface area contributed by atoms with Crippen molar-refractivity contribution in [2.75, 3.05) is 18.0 Å². The molecule has 0 radical (unpaired) electrons. The largest absolute Gasteiger partial charge is 0.352 e. The third-order valence-corrected chi connectivity index (χ3v) is 6.48. The minimum Gasteiger partial charge on any atom is -0.352 e. The van der Waals surface area contributed by atoms with Crippen molar-refractivity contribution >= 4 is 27.9 Å². The van der Waals surface area contributed by atoms with Crippen LogP contribution in [0.15, 0.2) is 67.1 Å². The average molecular weight is 478 g/mol. The van der Waals surface area contributed by atoms with Gasteiger partial charge in [0, 0.05) is 36.3 Å². The summed E-state index contributed by atoms with van der Waals surface area (Å²) in [6.45, 7) is 1.53. The van der Waals surface area contributed by atoms with Crippen LogP contribution in [0, 0.1) is 5.82 Å². The summed E-state index contributed by atoms with van der Waals surface area (Å²) in [7, 11) is 0. The van der Waals surface area contributed by atoms with Gasteiger partial charge >= 0.3 is 0 Å². The Morgan fingerprint density at radius 3 is 2.72 bits per heavy atom. The van der Waals surface area contributed by atoms with E-state index in [1.165, 1.54) is 6.07 Å². The van der Waals surface area contributed by atoms with Gasteiger partial charge in [0.25, 0.3) is 0 Å². The van der Waals surface area contributed by atoms with E-state index in [0.29, 0.717) is 33.8 Å². The minimum atomic E-state index is -0.284. The van der Waals surface area contributed by atoms with Crippen molar-refractivity contribution in [3.05, 3.63) is 72.9 Å². The maximum atomic E-state index is 14.5. The molecule has 4 N–H and O–H groups in total. The van der Waals surface area contributed by atoms with Gasteiger partial charge in [-0.25, -0.2) is 19.3 Å². The number of aromatic amines is 2. The molecular formula is C26H20FN9. The molecule has 1 aromatic carbocycles. The van der Waals surface area contributed by atoms with Crippen molar-refractivity contribution in [1.29, 1.82) is 0 Å². The third kappa shape index (κ3) is 3.30. The van der Waals surface area contributed by atoms with E-state index < -0.39 is 0 Å². The van der Waals surface area contributed by atoms with Crippen LogP contribution in [0.2, 0.25) is 0 Å². The second kappa shape index (κ2) is 7.92. The van der Waals surface area contributed by atoms with Crippen LogP contribution < -0.4 is 10.6 Å². The monoisotopic (exact) mass is 477 g/mol. The third-order valence-electron chi connectivity index (χ3n) is 6.48. The van der Waals surface area contributed by atoms with E-state index in [1.807, 2.05) is 30.3 Å². The van der Waals surface area contributed by atoms with Gasteiger partial charge in [-0.1, -0.05) is 18.2 Å². The van der Waals surface area contributed by atoms with Crippen molar-refractivity contribution in [1.82, 2.24) is 35.1 Å². The highest BCUT2D eigenvalue weighted by atomic mass is 19.1. The summed E-state index contributed by atoms with van der Waals surface area (Å²) in [6.07, 6.45) is 5.10. The highest BCUT2D eigenvalue weighted by Crippen LogP contribution is 2.34. The summed E-state index contributed by atoms with van der Waals surface area (Å²) in [5.74, 6) is 0.499. The lowest BCUT2D eigenvalue weighted by Gasteiger charge is -2.37. The summed E-state index contributed by atoms with van der Waals surface area (Å²) in [6, 6.07) is 14.4. The Labute approximate surface area is 204 Å². The van der Waals surface area contributed by atoms with Gasteiger partial charge in [-0.2, -0.15) is 5.10 Å². The summed E-state index contributed by atoms with van der Waals surface area (Å²) >= 11 is 0. The Morgan fingerprint density at radius 2 is 1.86 bits per heavy atom. The average Bonchev–Trinajstić information content (AvgIpc) is 3.51. The number of hydrogen-bond acceptors (Lipinski definition) is 7. The van der Waals surface area contributed by atoms with E-state index in [4.69, 9.17) is 15.7 Å². The predicted molar refractivity (Wildman–Crippen MR) is 136 cm³/mol. The van der Waals surface area contributed by atoms with Gasteiger partial charge in [0.15, 0.2) is 0 Å². The molecule has 0 bridgehead atoms. The normalized spacial score (nSPS) is 14.0. The second-order valence-electron chi connectivity index (χ2n) is 8.88. The minimum absolute atomic E-state index is 0.170. The Balaban J connectivity index is 1.32. The van der Waals surface area contributed by atoms with Gasteiger partial charge in [-0.15, -0.1) is 0 Å². The Morgan fingerprint density at radius 1 is 0.972 bits per heavy atom. The van der Waals surface area contributed by atoms with Gasteiger partial charge in [0.1, 0.15) is 34.2 Å². The lowest BCUT2D eigenvalue weighted by Crippen LogP contribution is -2.56. The molecule has 0 aliphatic carbocycles. The Kier molecular flexibility index (Phi) is 4.55. The highest BCUT2D eigenvalue weighted by Gasteiger charge is 2.25. The lowest BCUT2D eigenvalue weighted by molar-refractivity contribution is 0.514. The summed E-state index contributed by atoms with van der Waals surface area (Å²) in [5, 5.41) is 8.36. The van der Waals surface area contributed by atoms with Crippen LogP contribution in [0.3, 0.4) is 0 Å². The maximum absolute atomic E-state index is 14.5. The first-order valence-corrected chi connectivity index (χ1v) is 11.5. The molecule has 1 saturated heterocycles. The van der Waals surface area contributed by atoms with Gasteiger partial charge in [-0.3, -0.25) is 10.1 Å². The fourth-order valence-electron chi connectivity index (χ4n) is 4.63. The number of nitrogens with zero attached hydrogens (tertiary/aromatic N) is 6. The number of rotatable bonds is 4. The number of nitrogens with two attached hydrogens (primary N) is 1. The van der Waals surface area contributed by atoms with E-state index in [9.17, 15) is 4.39 Å². The van der Waals surface area contributed by atoms with E-state index in [0.717, 1.165) is 41.1 Å². The molecule has 1 aliphatic rings. The first-order valence-electron chi connectivity index (χ1n) is 11.5. The van der Waals surface area contributed by atoms with Crippen LogP contribution in [-0.2, 0) is 0 Å². The molecule has 0 unspecified atom stereocenters. The van der Waals surface area contributed by atoms with Crippen LogP contribution >= 0.6 is 0 Å². The molecule has 176 valence electrons. The molecule has 0 saturated carbocycles. The predicted octanol–water partition coefficient (Wildman–Crippen LogP) is 3.91. The molecule has 9 nitrogen and oxygen atoms in total. The zero-order valence-electron chi connectivity index (χ0n) is 19.0. The number of fused-ring (bicyclic) bond motifs is 2. The van der Waals surface area contributed by atoms with Crippen molar-refractivity contribution < 1.29 is 4.39 Å². The number of aromatic nitrogens is 7. The molecule has 0 amide bonds. The molecule has 5 aromatic heterocycles. The van der Waals surface area contributed by atoms with Crippen LogP contribution in [0.25, 0.3) is 56.0 Å². The zero-order valence-corrected chi connectivity index (χ0v) is 19.0. The van der Waals surface area contributed by atoms with E-state index in [-0.39, 0.29) is 11.9 Å².